The monoisotopic (exact) mass is 464 g/mol. The Morgan fingerprint density at radius 2 is 2.00 bits per heavy atom. The summed E-state index contributed by atoms with van der Waals surface area (Å²) >= 11 is -0.347. The third-order valence-corrected chi connectivity index (χ3v) is 7.78. The molecule has 0 saturated carbocycles. The van der Waals surface area contributed by atoms with Gasteiger partial charge in [0, 0.05) is 0 Å². The van der Waals surface area contributed by atoms with Crippen molar-refractivity contribution in [2.45, 2.75) is 17.8 Å². The molecule has 2 aromatic heterocycles. The van der Waals surface area contributed by atoms with Gasteiger partial charge in [-0.1, -0.05) is 0 Å². The molecule has 0 amide bonds. The Balaban J connectivity index is 1.77. The predicted molar refractivity (Wildman–Crippen MR) is 104 cm³/mol. The maximum atomic E-state index is 12.9. The summed E-state index contributed by atoms with van der Waals surface area (Å²) in [6.45, 7) is 1.52. The summed E-state index contributed by atoms with van der Waals surface area (Å²) < 4.78 is 46.2. The van der Waals surface area contributed by atoms with Gasteiger partial charge >= 0.3 is 171 Å². The van der Waals surface area contributed by atoms with Gasteiger partial charge < -0.3 is 0 Å². The quantitative estimate of drug-likeness (QED) is 0.558. The molecule has 9 heteroatoms. The van der Waals surface area contributed by atoms with Crippen LogP contribution in [-0.4, -0.2) is 43.5 Å². The second-order valence-corrected chi connectivity index (χ2v) is 9.34. The first kappa shape index (κ1) is 20.1. The van der Waals surface area contributed by atoms with Gasteiger partial charge in [0.05, 0.1) is 0 Å². The van der Waals surface area contributed by atoms with Crippen molar-refractivity contribution in [1.29, 1.82) is 0 Å². The van der Waals surface area contributed by atoms with Crippen molar-refractivity contribution in [2.75, 3.05) is 13.2 Å². The Morgan fingerprint density at radius 3 is 2.66 bits per heavy atom. The van der Waals surface area contributed by atoms with E-state index in [2.05, 4.69) is 9.97 Å². The van der Waals surface area contributed by atoms with Gasteiger partial charge in [-0.25, -0.2) is 0 Å². The van der Waals surface area contributed by atoms with E-state index in [9.17, 15) is 18.0 Å². The van der Waals surface area contributed by atoms with Crippen molar-refractivity contribution in [3.63, 3.8) is 0 Å². The summed E-state index contributed by atoms with van der Waals surface area (Å²) in [6.07, 6.45) is -0.325. The summed E-state index contributed by atoms with van der Waals surface area (Å²) in [7, 11) is 1.63. The minimum absolute atomic E-state index is 0.191. The third kappa shape index (κ3) is 4.09. The number of fused-ring (bicyclic) bond motifs is 1. The molecule has 3 aromatic rings. The molecule has 1 atom stereocenters. The molecule has 1 aliphatic heterocycles. The van der Waals surface area contributed by atoms with E-state index in [0.717, 1.165) is 41.5 Å². The van der Waals surface area contributed by atoms with Gasteiger partial charge in [0.25, 0.3) is 0 Å². The number of alkyl halides is 3. The zero-order valence-electron chi connectivity index (χ0n) is 15.6. The molecule has 151 valence electrons. The fourth-order valence-corrected chi connectivity index (χ4v) is 5.86. The van der Waals surface area contributed by atoms with Crippen LogP contribution in [0, 0.1) is 5.92 Å². The number of hydrogen-bond acceptors (Lipinski definition) is 4. The first-order valence-corrected chi connectivity index (χ1v) is 11.4. The zero-order valence-corrected chi connectivity index (χ0v) is 17.5. The molecule has 5 nitrogen and oxygen atoms in total. The van der Waals surface area contributed by atoms with Crippen molar-refractivity contribution in [3.8, 4) is 11.1 Å². The number of aryl methyl sites for hydroxylation is 1. The normalized spacial score (nSPS) is 17.6. The molecule has 4 rings (SSSR count). The minimum atomic E-state index is -4.40. The van der Waals surface area contributed by atoms with Gasteiger partial charge in [0.1, 0.15) is 0 Å². The number of hydrogen-bond donors (Lipinski definition) is 0. The molecule has 1 aromatic carbocycles. The Kier molecular flexibility index (Phi) is 5.49. The molecule has 0 N–H and O–H groups in total. The van der Waals surface area contributed by atoms with E-state index >= 15 is 0 Å². The molecule has 1 saturated heterocycles. The molecule has 1 radical (unpaired) electrons. The van der Waals surface area contributed by atoms with Gasteiger partial charge in [-0.2, -0.15) is 0 Å². The molecule has 0 bridgehead atoms. The van der Waals surface area contributed by atoms with Gasteiger partial charge in [-0.05, 0) is 0 Å². The number of rotatable bonds is 4. The topological polar surface area (TPSA) is 57.0 Å². The summed E-state index contributed by atoms with van der Waals surface area (Å²) in [5.41, 5.74) is 0.673. The van der Waals surface area contributed by atoms with E-state index < -0.39 is 11.7 Å². The van der Waals surface area contributed by atoms with Crippen LogP contribution in [-0.2, 0) is 18.0 Å². The molecule has 0 unspecified atom stereocenters. The Bertz CT molecular complexity index is 1090. The van der Waals surface area contributed by atoms with E-state index in [0.29, 0.717) is 27.9 Å². The van der Waals surface area contributed by atoms with Gasteiger partial charge in [-0.3, -0.25) is 0 Å². The summed E-state index contributed by atoms with van der Waals surface area (Å²) in [4.78, 5) is 21.8. The van der Waals surface area contributed by atoms with Crippen LogP contribution in [0.5, 0.6) is 0 Å². The van der Waals surface area contributed by atoms with Crippen LogP contribution in [0.4, 0.5) is 13.2 Å². The Labute approximate surface area is 171 Å². The summed E-state index contributed by atoms with van der Waals surface area (Å²) in [6, 6.07) is 4.84. The Hall–Kier alpha value is -2.18. The number of pyridine rings is 1. The summed E-state index contributed by atoms with van der Waals surface area (Å²) in [5.74, 6) is 0.488. The molecule has 1 fully saturated rings. The van der Waals surface area contributed by atoms with Crippen LogP contribution >= 0.6 is 0 Å². The maximum absolute atomic E-state index is 12.9. The fraction of sp³-hybridized carbons (Fsp3) is 0.350. The first-order valence-electron chi connectivity index (χ1n) is 9.12. The van der Waals surface area contributed by atoms with Crippen LogP contribution in [0.1, 0.15) is 12.0 Å². The van der Waals surface area contributed by atoms with E-state index in [1.54, 1.807) is 13.2 Å². The van der Waals surface area contributed by atoms with Crippen molar-refractivity contribution >= 4 is 31.1 Å². The molecular formula is C20H18AsF3N3O2. The van der Waals surface area contributed by atoms with E-state index in [1.165, 1.54) is 23.0 Å². The summed E-state index contributed by atoms with van der Waals surface area (Å²) in [5, 5.41) is 1.42. The average Bonchev–Trinajstić information content (AvgIpc) is 3.22. The fourth-order valence-electron chi connectivity index (χ4n) is 3.31. The van der Waals surface area contributed by atoms with Gasteiger partial charge in [0.15, 0.2) is 0 Å². The molecule has 29 heavy (non-hydrogen) atoms. The number of nitrogens with zero attached hydrogens (tertiary/aromatic N) is 3. The van der Waals surface area contributed by atoms with Crippen molar-refractivity contribution in [1.82, 2.24) is 14.5 Å². The SMILES string of the molecule is Cn1cnc2c(-c3ccc(C(F)(F)F)cc3)cnc([As]C[C@@H]3CCOC3)c2c1=O. The third-order valence-electron chi connectivity index (χ3n) is 4.97. The van der Waals surface area contributed by atoms with Crippen molar-refractivity contribution < 1.29 is 17.9 Å². The van der Waals surface area contributed by atoms with Crippen LogP contribution in [0.25, 0.3) is 22.0 Å². The second kappa shape index (κ2) is 7.92. The van der Waals surface area contributed by atoms with E-state index in [4.69, 9.17) is 4.74 Å². The molecule has 0 aliphatic carbocycles. The van der Waals surface area contributed by atoms with E-state index in [-0.39, 0.29) is 21.3 Å². The van der Waals surface area contributed by atoms with Crippen LogP contribution in [0.2, 0.25) is 5.21 Å². The number of benzene rings is 1. The van der Waals surface area contributed by atoms with Crippen molar-refractivity contribution in [3.05, 3.63) is 52.7 Å². The first-order chi connectivity index (χ1) is 13.8. The standard InChI is InChI=1S/C20H18AsF3N3O2/c1-27-11-26-17-15(13-2-4-14(5-3-13)20(22,23)24)9-25-18(16(17)19(27)28)21-8-12-6-7-29-10-12/h2-5,9,11-12H,6-8,10H2,1H3/t12-/m0/s1. The van der Waals surface area contributed by atoms with Gasteiger partial charge in [0.2, 0.25) is 0 Å². The van der Waals surface area contributed by atoms with Crippen LogP contribution < -0.4 is 10.0 Å². The molecular weight excluding hydrogens is 446 g/mol. The number of ether oxygens (including phenoxy) is 1. The van der Waals surface area contributed by atoms with Crippen LogP contribution in [0.15, 0.2) is 41.6 Å². The number of aromatic nitrogens is 3. The van der Waals surface area contributed by atoms with Gasteiger partial charge in [-0.15, -0.1) is 0 Å². The molecule has 3 heterocycles. The average molecular weight is 464 g/mol. The van der Waals surface area contributed by atoms with E-state index in [1.807, 2.05) is 0 Å². The predicted octanol–water partition coefficient (Wildman–Crippen LogP) is 2.80. The van der Waals surface area contributed by atoms with Crippen LogP contribution in [0.3, 0.4) is 0 Å². The Morgan fingerprint density at radius 1 is 1.24 bits per heavy atom. The number of halogens is 3. The molecule has 1 aliphatic rings. The second-order valence-electron chi connectivity index (χ2n) is 7.03. The van der Waals surface area contributed by atoms with Crippen molar-refractivity contribution in [2.24, 2.45) is 13.0 Å². The molecule has 0 spiro atoms. The zero-order chi connectivity index (χ0) is 20.6.